The Hall–Kier alpha value is -3.14. The zero-order valence-electron chi connectivity index (χ0n) is 18.2. The van der Waals surface area contributed by atoms with Crippen molar-refractivity contribution in [1.82, 2.24) is 9.88 Å². The summed E-state index contributed by atoms with van der Waals surface area (Å²) in [6.45, 7) is 5.65. The number of fused-ring (bicyclic) bond motifs is 1. The van der Waals surface area contributed by atoms with Crippen LogP contribution in [0, 0.1) is 11.8 Å². The Labute approximate surface area is 184 Å². The smallest absolute Gasteiger partial charge is 0.253 e. The number of carbonyl (C=O) groups is 1. The van der Waals surface area contributed by atoms with E-state index in [0.717, 1.165) is 55.6 Å². The van der Waals surface area contributed by atoms with E-state index in [2.05, 4.69) is 23.7 Å². The van der Waals surface area contributed by atoms with Crippen LogP contribution in [-0.2, 0) is 6.42 Å². The van der Waals surface area contributed by atoms with Crippen LogP contribution in [0.4, 0.5) is 0 Å². The van der Waals surface area contributed by atoms with Crippen molar-refractivity contribution >= 4 is 16.8 Å². The Kier molecular flexibility index (Phi) is 6.66. The number of aromatic nitrogens is 1. The number of pyridine rings is 1. The molecule has 2 unspecified atom stereocenters. The molecular formula is C27H30N2O2. The number of piperidine rings is 1. The van der Waals surface area contributed by atoms with Crippen molar-refractivity contribution in [3.05, 3.63) is 84.6 Å². The number of benzene rings is 2. The minimum absolute atomic E-state index is 0.128. The highest BCUT2D eigenvalue weighted by Crippen LogP contribution is 2.31. The molecule has 0 aliphatic carbocycles. The molecule has 0 spiro atoms. The normalized spacial score (nSPS) is 18.7. The summed E-state index contributed by atoms with van der Waals surface area (Å²) in [5, 5.41) is 1.17. The van der Waals surface area contributed by atoms with Crippen LogP contribution in [0.5, 0.6) is 5.75 Å². The first-order valence-corrected chi connectivity index (χ1v) is 11.1. The maximum Gasteiger partial charge on any atom is 0.253 e. The fourth-order valence-electron chi connectivity index (χ4n) is 4.69. The highest BCUT2D eigenvalue weighted by molar-refractivity contribution is 5.94. The molecule has 1 fully saturated rings. The first kappa shape index (κ1) is 21.1. The predicted molar refractivity (Wildman–Crippen MR) is 125 cm³/mol. The minimum Gasteiger partial charge on any atom is -0.497 e. The van der Waals surface area contributed by atoms with Crippen LogP contribution in [0.15, 0.2) is 73.4 Å². The molecule has 4 nitrogen and oxygen atoms in total. The Morgan fingerprint density at radius 1 is 1.23 bits per heavy atom. The molecule has 0 N–H and O–H groups in total. The van der Waals surface area contributed by atoms with E-state index < -0.39 is 0 Å². The lowest BCUT2D eigenvalue weighted by Crippen LogP contribution is -2.43. The van der Waals surface area contributed by atoms with Gasteiger partial charge in [0, 0.05) is 30.2 Å². The molecule has 0 bridgehead atoms. The molecule has 4 rings (SSSR count). The summed E-state index contributed by atoms with van der Waals surface area (Å²) in [5.41, 5.74) is 3.09. The molecular weight excluding hydrogens is 384 g/mol. The largest absolute Gasteiger partial charge is 0.497 e. The molecule has 1 aliphatic rings. The summed E-state index contributed by atoms with van der Waals surface area (Å²) in [4.78, 5) is 19.3. The van der Waals surface area contributed by atoms with E-state index in [-0.39, 0.29) is 5.91 Å². The van der Waals surface area contributed by atoms with E-state index in [1.807, 2.05) is 59.6 Å². The van der Waals surface area contributed by atoms with Crippen molar-refractivity contribution < 1.29 is 9.53 Å². The molecule has 160 valence electrons. The van der Waals surface area contributed by atoms with Crippen molar-refractivity contribution in [3.63, 3.8) is 0 Å². The zero-order chi connectivity index (χ0) is 21.6. The highest BCUT2D eigenvalue weighted by Gasteiger charge is 2.29. The average molecular weight is 415 g/mol. The number of carbonyl (C=O) groups excluding carboxylic acids is 1. The number of hydrogen-bond donors (Lipinski definition) is 0. The molecule has 0 radical (unpaired) electrons. The number of likely N-dealkylation sites (tertiary alicyclic amines) is 1. The molecule has 1 saturated heterocycles. The van der Waals surface area contributed by atoms with Crippen molar-refractivity contribution in [2.45, 2.75) is 25.7 Å². The van der Waals surface area contributed by atoms with E-state index in [0.29, 0.717) is 11.8 Å². The van der Waals surface area contributed by atoms with Crippen molar-refractivity contribution in [2.75, 3.05) is 20.2 Å². The van der Waals surface area contributed by atoms with Gasteiger partial charge >= 0.3 is 0 Å². The summed E-state index contributed by atoms with van der Waals surface area (Å²) in [6, 6.07) is 17.7. The lowest BCUT2D eigenvalue weighted by atomic mass is 9.81. The quantitative estimate of drug-likeness (QED) is 0.477. The van der Waals surface area contributed by atoms with Crippen molar-refractivity contribution in [3.8, 4) is 5.75 Å². The molecule has 1 amide bonds. The number of rotatable bonds is 7. The zero-order valence-corrected chi connectivity index (χ0v) is 18.2. The minimum atomic E-state index is 0.128. The Morgan fingerprint density at radius 2 is 2.06 bits per heavy atom. The van der Waals surface area contributed by atoms with Crippen LogP contribution in [0.1, 0.15) is 35.2 Å². The number of nitrogens with zero attached hydrogens (tertiary/aromatic N) is 2. The van der Waals surface area contributed by atoms with Crippen LogP contribution in [0.3, 0.4) is 0 Å². The molecule has 2 aromatic carbocycles. The second kappa shape index (κ2) is 9.78. The van der Waals surface area contributed by atoms with E-state index in [9.17, 15) is 4.79 Å². The van der Waals surface area contributed by atoms with Gasteiger partial charge in [0.2, 0.25) is 0 Å². The number of aryl methyl sites for hydroxylation is 1. The maximum absolute atomic E-state index is 12.8. The summed E-state index contributed by atoms with van der Waals surface area (Å²) in [5.74, 6) is 1.91. The number of ether oxygens (including phenoxy) is 1. The molecule has 0 saturated carbocycles. The number of methoxy groups -OCH3 is 1. The molecule has 3 aromatic rings. The van der Waals surface area contributed by atoms with Gasteiger partial charge in [0.15, 0.2) is 0 Å². The van der Waals surface area contributed by atoms with Gasteiger partial charge in [0.25, 0.3) is 5.91 Å². The topological polar surface area (TPSA) is 42.4 Å². The Bertz CT molecular complexity index is 1050. The maximum atomic E-state index is 12.8. The van der Waals surface area contributed by atoms with Gasteiger partial charge in [0.05, 0.1) is 12.6 Å². The molecule has 1 aliphatic heterocycles. The van der Waals surface area contributed by atoms with Crippen LogP contribution >= 0.6 is 0 Å². The number of amides is 1. The standard InChI is InChI=1S/C27H30N2O2/c1-3-20-19-29(27(30)23-8-5-4-6-9-23)17-15-21(20)10-7-11-22-14-16-28-26-13-12-24(31-2)18-25(22)26/h3-6,8-9,12-14,16,18,20-21H,1,7,10-11,15,17,19H2,2H3. The van der Waals surface area contributed by atoms with Gasteiger partial charge in [-0.05, 0) is 79.5 Å². The molecule has 2 heterocycles. The van der Waals surface area contributed by atoms with E-state index >= 15 is 0 Å². The van der Waals surface area contributed by atoms with Gasteiger partial charge < -0.3 is 9.64 Å². The van der Waals surface area contributed by atoms with Crippen LogP contribution in [0.2, 0.25) is 0 Å². The summed E-state index contributed by atoms with van der Waals surface area (Å²) in [6.07, 6.45) is 8.22. The first-order chi connectivity index (χ1) is 15.2. The third-order valence-corrected chi connectivity index (χ3v) is 6.48. The Balaban J connectivity index is 1.37. The van der Waals surface area contributed by atoms with Gasteiger partial charge in [-0.2, -0.15) is 0 Å². The third kappa shape index (κ3) is 4.79. The second-order valence-corrected chi connectivity index (χ2v) is 8.31. The SMILES string of the molecule is C=CC1CN(C(=O)c2ccccc2)CCC1CCCc1ccnc2ccc(OC)cc12. The van der Waals surface area contributed by atoms with Gasteiger partial charge in [-0.25, -0.2) is 0 Å². The van der Waals surface area contributed by atoms with Crippen molar-refractivity contribution in [2.24, 2.45) is 11.8 Å². The lowest BCUT2D eigenvalue weighted by molar-refractivity contribution is 0.0630. The van der Waals surface area contributed by atoms with Gasteiger partial charge in [-0.1, -0.05) is 24.3 Å². The fraction of sp³-hybridized carbons (Fsp3) is 0.333. The first-order valence-electron chi connectivity index (χ1n) is 11.1. The van der Waals surface area contributed by atoms with Gasteiger partial charge in [-0.15, -0.1) is 6.58 Å². The van der Waals surface area contributed by atoms with Crippen LogP contribution in [-0.4, -0.2) is 36.0 Å². The lowest BCUT2D eigenvalue weighted by Gasteiger charge is -2.37. The predicted octanol–water partition coefficient (Wildman–Crippen LogP) is 5.53. The highest BCUT2D eigenvalue weighted by atomic mass is 16.5. The number of hydrogen-bond acceptors (Lipinski definition) is 3. The average Bonchev–Trinajstić information content (AvgIpc) is 2.84. The van der Waals surface area contributed by atoms with Crippen LogP contribution in [0.25, 0.3) is 10.9 Å². The fourth-order valence-corrected chi connectivity index (χ4v) is 4.69. The van der Waals surface area contributed by atoms with Gasteiger partial charge in [-0.3, -0.25) is 9.78 Å². The molecule has 1 aromatic heterocycles. The van der Waals surface area contributed by atoms with E-state index in [4.69, 9.17) is 4.74 Å². The third-order valence-electron chi connectivity index (χ3n) is 6.48. The summed E-state index contributed by atoms with van der Waals surface area (Å²) >= 11 is 0. The molecule has 2 atom stereocenters. The van der Waals surface area contributed by atoms with Gasteiger partial charge in [0.1, 0.15) is 5.75 Å². The molecule has 31 heavy (non-hydrogen) atoms. The van der Waals surface area contributed by atoms with Crippen LogP contribution < -0.4 is 4.74 Å². The summed E-state index contributed by atoms with van der Waals surface area (Å²) in [7, 11) is 1.70. The Morgan fingerprint density at radius 3 is 2.84 bits per heavy atom. The summed E-state index contributed by atoms with van der Waals surface area (Å²) < 4.78 is 5.40. The molecule has 4 heteroatoms. The van der Waals surface area contributed by atoms with Crippen molar-refractivity contribution in [1.29, 1.82) is 0 Å². The second-order valence-electron chi connectivity index (χ2n) is 8.31. The van der Waals surface area contributed by atoms with E-state index in [1.54, 1.807) is 7.11 Å². The monoisotopic (exact) mass is 414 g/mol. The van der Waals surface area contributed by atoms with E-state index in [1.165, 1.54) is 10.9 Å².